The molecular weight excluding hydrogens is 340 g/mol. The Morgan fingerprint density at radius 2 is 1.80 bits per heavy atom. The van der Waals surface area contributed by atoms with Crippen LogP contribution in [-0.4, -0.2) is 9.97 Å². The third kappa shape index (κ3) is 3.33. The van der Waals surface area contributed by atoms with Crippen LogP contribution in [0.3, 0.4) is 0 Å². The number of hydrogen-bond donors (Lipinski definition) is 0. The summed E-state index contributed by atoms with van der Waals surface area (Å²) in [5, 5.41) is 0. The molecule has 0 N–H and O–H groups in total. The highest BCUT2D eigenvalue weighted by atomic mass is 79.9. The lowest BCUT2D eigenvalue weighted by atomic mass is 9.95. The van der Waals surface area contributed by atoms with Gasteiger partial charge in [0, 0.05) is 5.92 Å². The molecule has 1 aromatic carbocycles. The Balaban J connectivity index is 2.45. The van der Waals surface area contributed by atoms with Gasteiger partial charge in [-0.05, 0) is 45.8 Å². The first kappa shape index (κ1) is 14.9. The van der Waals surface area contributed by atoms with Gasteiger partial charge >= 0.3 is 6.18 Å². The summed E-state index contributed by atoms with van der Waals surface area (Å²) in [7, 11) is 0. The standard InChI is InChI=1S/C13H9BrF4N2/c1-7(11-5-12(14)20-6-19-11)8-2-9(13(16,17)18)4-10(15)3-8/h2-7H,1H3. The lowest BCUT2D eigenvalue weighted by Crippen LogP contribution is -2.08. The monoisotopic (exact) mass is 348 g/mol. The molecule has 2 aromatic rings. The fourth-order valence-electron chi connectivity index (χ4n) is 1.78. The van der Waals surface area contributed by atoms with Gasteiger partial charge in [0.15, 0.2) is 0 Å². The zero-order valence-corrected chi connectivity index (χ0v) is 11.8. The predicted octanol–water partition coefficient (Wildman–Crippen LogP) is 4.55. The highest BCUT2D eigenvalue weighted by Crippen LogP contribution is 2.33. The predicted molar refractivity (Wildman–Crippen MR) is 68.7 cm³/mol. The molecule has 0 aliphatic rings. The maximum absolute atomic E-state index is 13.4. The first-order valence-corrected chi connectivity index (χ1v) is 6.42. The molecule has 0 radical (unpaired) electrons. The van der Waals surface area contributed by atoms with Gasteiger partial charge in [0.25, 0.3) is 0 Å². The van der Waals surface area contributed by atoms with Crippen LogP contribution in [0.15, 0.2) is 35.2 Å². The molecule has 0 bridgehead atoms. The molecule has 0 amide bonds. The zero-order chi connectivity index (χ0) is 14.9. The van der Waals surface area contributed by atoms with E-state index in [1.165, 1.54) is 6.33 Å². The first-order chi connectivity index (χ1) is 9.27. The molecule has 0 fully saturated rings. The fraction of sp³-hybridized carbons (Fsp3) is 0.231. The summed E-state index contributed by atoms with van der Waals surface area (Å²) in [5.41, 5.74) is -0.291. The average molecular weight is 349 g/mol. The molecule has 2 nitrogen and oxygen atoms in total. The SMILES string of the molecule is CC(c1cc(F)cc(C(F)(F)F)c1)c1cc(Br)ncn1. The van der Waals surface area contributed by atoms with Gasteiger partial charge in [-0.2, -0.15) is 13.2 Å². The average Bonchev–Trinajstić information content (AvgIpc) is 2.36. The highest BCUT2D eigenvalue weighted by Gasteiger charge is 2.32. The van der Waals surface area contributed by atoms with Crippen molar-refractivity contribution < 1.29 is 17.6 Å². The van der Waals surface area contributed by atoms with Crippen molar-refractivity contribution in [1.29, 1.82) is 0 Å². The molecule has 7 heteroatoms. The maximum Gasteiger partial charge on any atom is 0.416 e. The molecule has 106 valence electrons. The van der Waals surface area contributed by atoms with Crippen molar-refractivity contribution in [3.63, 3.8) is 0 Å². The van der Waals surface area contributed by atoms with Crippen LogP contribution in [0.1, 0.15) is 29.7 Å². The van der Waals surface area contributed by atoms with Crippen molar-refractivity contribution in [2.75, 3.05) is 0 Å². The number of benzene rings is 1. The second-order valence-corrected chi connectivity index (χ2v) is 5.07. The number of rotatable bonds is 2. The Morgan fingerprint density at radius 1 is 1.10 bits per heavy atom. The second kappa shape index (κ2) is 5.47. The van der Waals surface area contributed by atoms with Gasteiger partial charge in [0.2, 0.25) is 0 Å². The second-order valence-electron chi connectivity index (χ2n) is 4.26. The largest absolute Gasteiger partial charge is 0.416 e. The van der Waals surface area contributed by atoms with E-state index in [4.69, 9.17) is 0 Å². The molecule has 0 saturated carbocycles. The van der Waals surface area contributed by atoms with E-state index in [1.807, 2.05) is 0 Å². The quantitative estimate of drug-likeness (QED) is 0.587. The van der Waals surface area contributed by atoms with Crippen molar-refractivity contribution in [2.24, 2.45) is 0 Å². The van der Waals surface area contributed by atoms with E-state index in [9.17, 15) is 17.6 Å². The molecule has 0 spiro atoms. The van der Waals surface area contributed by atoms with E-state index in [2.05, 4.69) is 25.9 Å². The summed E-state index contributed by atoms with van der Waals surface area (Å²) in [4.78, 5) is 7.83. The number of hydrogen-bond acceptors (Lipinski definition) is 2. The molecule has 0 aliphatic carbocycles. The fourth-order valence-corrected chi connectivity index (χ4v) is 2.11. The third-order valence-corrected chi connectivity index (χ3v) is 3.28. The molecule has 2 rings (SSSR count). The van der Waals surface area contributed by atoms with Crippen LogP contribution >= 0.6 is 15.9 Å². The van der Waals surface area contributed by atoms with E-state index in [1.54, 1.807) is 13.0 Å². The van der Waals surface area contributed by atoms with Crippen molar-refractivity contribution >= 4 is 15.9 Å². The molecule has 1 aromatic heterocycles. The van der Waals surface area contributed by atoms with Gasteiger partial charge in [0.05, 0.1) is 11.3 Å². The van der Waals surface area contributed by atoms with Crippen LogP contribution in [0, 0.1) is 5.82 Å². The molecule has 20 heavy (non-hydrogen) atoms. The molecular formula is C13H9BrF4N2. The van der Waals surface area contributed by atoms with Crippen LogP contribution in [0.4, 0.5) is 17.6 Å². The van der Waals surface area contributed by atoms with E-state index in [-0.39, 0.29) is 5.56 Å². The minimum absolute atomic E-state index is 0.211. The van der Waals surface area contributed by atoms with Crippen LogP contribution < -0.4 is 0 Å². The van der Waals surface area contributed by atoms with Gasteiger partial charge in [-0.3, -0.25) is 0 Å². The molecule has 0 aliphatic heterocycles. The van der Waals surface area contributed by atoms with Crippen molar-refractivity contribution in [3.8, 4) is 0 Å². The van der Waals surface area contributed by atoms with Crippen molar-refractivity contribution in [1.82, 2.24) is 9.97 Å². The van der Waals surface area contributed by atoms with E-state index < -0.39 is 23.5 Å². The number of alkyl halides is 3. The normalized spacial score (nSPS) is 13.3. The summed E-state index contributed by atoms with van der Waals surface area (Å²) >= 11 is 3.16. The first-order valence-electron chi connectivity index (χ1n) is 5.62. The van der Waals surface area contributed by atoms with Gasteiger partial charge in [-0.25, -0.2) is 14.4 Å². The smallest absolute Gasteiger partial charge is 0.241 e. The van der Waals surface area contributed by atoms with Crippen molar-refractivity contribution in [2.45, 2.75) is 19.0 Å². The van der Waals surface area contributed by atoms with E-state index >= 15 is 0 Å². The summed E-state index contributed by atoms with van der Waals surface area (Å²) < 4.78 is 51.9. The number of nitrogens with zero attached hydrogens (tertiary/aromatic N) is 2. The van der Waals surface area contributed by atoms with Crippen LogP contribution in [-0.2, 0) is 6.18 Å². The summed E-state index contributed by atoms with van der Waals surface area (Å²) in [6.45, 7) is 1.66. The Morgan fingerprint density at radius 3 is 2.40 bits per heavy atom. The van der Waals surface area contributed by atoms with Crippen LogP contribution in [0.5, 0.6) is 0 Å². The lowest BCUT2D eigenvalue weighted by molar-refractivity contribution is -0.137. The van der Waals surface area contributed by atoms with Gasteiger partial charge < -0.3 is 0 Å². The van der Waals surface area contributed by atoms with Crippen LogP contribution in [0.25, 0.3) is 0 Å². The Labute approximate surface area is 121 Å². The third-order valence-electron chi connectivity index (χ3n) is 2.85. The minimum Gasteiger partial charge on any atom is -0.241 e. The van der Waals surface area contributed by atoms with E-state index in [0.717, 1.165) is 12.1 Å². The Kier molecular flexibility index (Phi) is 4.08. The molecule has 1 unspecified atom stereocenters. The molecule has 1 heterocycles. The minimum atomic E-state index is -4.58. The van der Waals surface area contributed by atoms with Gasteiger partial charge in [0.1, 0.15) is 16.7 Å². The lowest BCUT2D eigenvalue weighted by Gasteiger charge is -2.14. The Hall–Kier alpha value is -1.50. The van der Waals surface area contributed by atoms with Crippen LogP contribution in [0.2, 0.25) is 0 Å². The number of aromatic nitrogens is 2. The topological polar surface area (TPSA) is 25.8 Å². The van der Waals surface area contributed by atoms with Gasteiger partial charge in [-0.1, -0.05) is 6.92 Å². The van der Waals surface area contributed by atoms with E-state index in [0.29, 0.717) is 16.4 Å². The van der Waals surface area contributed by atoms with Gasteiger partial charge in [-0.15, -0.1) is 0 Å². The summed E-state index contributed by atoms with van der Waals surface area (Å²) in [5.74, 6) is -1.40. The molecule has 1 atom stereocenters. The molecule has 0 saturated heterocycles. The Bertz CT molecular complexity index is 628. The number of halogens is 5. The highest BCUT2D eigenvalue weighted by molar-refractivity contribution is 9.10. The summed E-state index contributed by atoms with van der Waals surface area (Å²) in [6, 6.07) is 4.08. The zero-order valence-electron chi connectivity index (χ0n) is 10.2. The summed E-state index contributed by atoms with van der Waals surface area (Å²) in [6.07, 6.45) is -3.29. The van der Waals surface area contributed by atoms with Crippen molar-refractivity contribution in [3.05, 3.63) is 57.8 Å². The maximum atomic E-state index is 13.4.